The summed E-state index contributed by atoms with van der Waals surface area (Å²) >= 11 is 1.62. The summed E-state index contributed by atoms with van der Waals surface area (Å²) in [6.07, 6.45) is 4.27. The number of aryl methyl sites for hydroxylation is 1. The lowest BCUT2D eigenvalue weighted by Gasteiger charge is -2.34. The molecule has 3 aromatic carbocycles. The van der Waals surface area contributed by atoms with E-state index in [0.717, 1.165) is 68.9 Å². The summed E-state index contributed by atoms with van der Waals surface area (Å²) in [5.41, 5.74) is 3.07. The van der Waals surface area contributed by atoms with E-state index in [4.69, 9.17) is 4.74 Å². The minimum absolute atomic E-state index is 0.285. The Morgan fingerprint density at radius 1 is 1.03 bits per heavy atom. The highest BCUT2D eigenvalue weighted by atomic mass is 32.2. The first-order valence-electron chi connectivity index (χ1n) is 13.9. The van der Waals surface area contributed by atoms with Crippen LogP contribution in [0.1, 0.15) is 50.7 Å². The monoisotopic (exact) mass is 527 g/mol. The summed E-state index contributed by atoms with van der Waals surface area (Å²) in [4.78, 5) is 3.76. The first-order chi connectivity index (χ1) is 18.5. The molecule has 4 rings (SSSR count). The smallest absolute Gasteiger partial charge is 0.121 e. The molecule has 0 bridgehead atoms. The van der Waals surface area contributed by atoms with Crippen LogP contribution in [-0.2, 0) is 5.41 Å². The van der Waals surface area contributed by atoms with Gasteiger partial charge in [0.2, 0.25) is 0 Å². The van der Waals surface area contributed by atoms with Crippen LogP contribution in [0.15, 0.2) is 83.8 Å². The molecule has 38 heavy (non-hydrogen) atoms. The Morgan fingerprint density at radius 3 is 2.45 bits per heavy atom. The first-order valence-corrected chi connectivity index (χ1v) is 14.7. The molecule has 0 saturated carbocycles. The van der Waals surface area contributed by atoms with Gasteiger partial charge in [-0.15, -0.1) is 0 Å². The zero-order valence-electron chi connectivity index (χ0n) is 23.0. The second kappa shape index (κ2) is 13.7. The van der Waals surface area contributed by atoms with E-state index in [2.05, 4.69) is 85.0 Å². The summed E-state index contributed by atoms with van der Waals surface area (Å²) in [5.74, 6) is 1.79. The van der Waals surface area contributed by atoms with Crippen LogP contribution >= 0.6 is 11.9 Å². The molecular formula is C33H41N3OS. The van der Waals surface area contributed by atoms with E-state index in [1.807, 2.05) is 30.3 Å². The van der Waals surface area contributed by atoms with Crippen molar-refractivity contribution in [1.82, 2.24) is 4.90 Å². The predicted molar refractivity (Wildman–Crippen MR) is 160 cm³/mol. The van der Waals surface area contributed by atoms with Gasteiger partial charge in [-0.05, 0) is 106 Å². The van der Waals surface area contributed by atoms with Gasteiger partial charge in [-0.25, -0.2) is 0 Å². The lowest BCUT2D eigenvalue weighted by molar-refractivity contribution is 0.137. The Labute approximate surface area is 233 Å². The number of anilines is 1. The van der Waals surface area contributed by atoms with E-state index in [1.165, 1.54) is 10.5 Å². The normalized spacial score (nSPS) is 16.1. The number of hydrogen-bond donors (Lipinski definition) is 1. The molecule has 1 unspecified atom stereocenters. The van der Waals surface area contributed by atoms with Crippen LogP contribution in [0.2, 0.25) is 0 Å². The number of benzene rings is 3. The summed E-state index contributed by atoms with van der Waals surface area (Å²) in [7, 11) is 0. The molecule has 0 aromatic heterocycles. The maximum absolute atomic E-state index is 10.2. The molecule has 1 fully saturated rings. The topological polar surface area (TPSA) is 48.3 Å². The minimum Gasteiger partial charge on any atom is -0.493 e. The van der Waals surface area contributed by atoms with Crippen LogP contribution < -0.4 is 9.46 Å². The molecule has 1 saturated heterocycles. The molecule has 1 heterocycles. The van der Waals surface area contributed by atoms with Crippen LogP contribution in [0.5, 0.6) is 5.75 Å². The van der Waals surface area contributed by atoms with E-state index in [9.17, 15) is 5.26 Å². The Hall–Kier alpha value is -2.94. The van der Waals surface area contributed by atoms with Crippen molar-refractivity contribution < 1.29 is 4.74 Å². The minimum atomic E-state index is -0.407. The number of hydrogen-bond acceptors (Lipinski definition) is 5. The molecule has 1 aliphatic rings. The number of nitriles is 1. The van der Waals surface area contributed by atoms with E-state index in [-0.39, 0.29) is 5.92 Å². The highest BCUT2D eigenvalue weighted by molar-refractivity contribution is 8.00. The standard InChI is InChI=1S/C33H41N3OS/c1-26(2)33(25-34,29-9-5-4-6-10-29)19-8-20-36-21-17-28(18-22-36)24-37-31-12-7-11-30(23-31)35-38-32-15-13-27(3)14-16-32/h4-7,9-16,23,26,28,35H,8,17-22,24H2,1-3H3. The predicted octanol–water partition coefficient (Wildman–Crippen LogP) is 8.10. The zero-order chi connectivity index (χ0) is 26.8. The fourth-order valence-corrected chi connectivity index (χ4v) is 5.93. The number of piperidine rings is 1. The molecule has 200 valence electrons. The first kappa shape index (κ1) is 28.1. The quantitative estimate of drug-likeness (QED) is 0.241. The van der Waals surface area contributed by atoms with Crippen LogP contribution in [0.25, 0.3) is 0 Å². The third kappa shape index (κ3) is 7.56. The second-order valence-electron chi connectivity index (χ2n) is 10.8. The molecule has 0 radical (unpaired) electrons. The van der Waals surface area contributed by atoms with E-state index in [0.29, 0.717) is 5.92 Å². The maximum atomic E-state index is 10.2. The molecule has 5 heteroatoms. The van der Waals surface area contributed by atoms with Gasteiger partial charge in [0.05, 0.1) is 18.1 Å². The average molecular weight is 528 g/mol. The number of rotatable bonds is 12. The van der Waals surface area contributed by atoms with E-state index < -0.39 is 5.41 Å². The third-order valence-corrected chi connectivity index (χ3v) is 8.70. The van der Waals surface area contributed by atoms with Crippen molar-refractivity contribution in [3.05, 3.63) is 90.0 Å². The highest BCUT2D eigenvalue weighted by Crippen LogP contribution is 2.36. The lowest BCUT2D eigenvalue weighted by Crippen LogP contribution is -2.37. The average Bonchev–Trinajstić information content (AvgIpc) is 2.95. The molecule has 1 aliphatic heterocycles. The maximum Gasteiger partial charge on any atom is 0.121 e. The number of nitrogens with zero attached hydrogens (tertiary/aromatic N) is 2. The van der Waals surface area contributed by atoms with Gasteiger partial charge >= 0.3 is 0 Å². The van der Waals surface area contributed by atoms with Gasteiger partial charge in [0, 0.05) is 16.6 Å². The van der Waals surface area contributed by atoms with Gasteiger partial charge in [0.1, 0.15) is 5.75 Å². The van der Waals surface area contributed by atoms with Gasteiger partial charge in [0.25, 0.3) is 0 Å². The Kier molecular flexibility index (Phi) is 10.1. The fraction of sp³-hybridized carbons (Fsp3) is 0.424. The number of ether oxygens (including phenoxy) is 1. The van der Waals surface area contributed by atoms with Crippen molar-refractivity contribution >= 4 is 17.6 Å². The van der Waals surface area contributed by atoms with Gasteiger partial charge in [-0.3, -0.25) is 0 Å². The van der Waals surface area contributed by atoms with Crippen molar-refractivity contribution in [1.29, 1.82) is 5.26 Å². The van der Waals surface area contributed by atoms with Gasteiger partial charge in [-0.1, -0.05) is 67.9 Å². The largest absolute Gasteiger partial charge is 0.493 e. The molecule has 0 amide bonds. The van der Waals surface area contributed by atoms with Crippen LogP contribution in [-0.4, -0.2) is 31.1 Å². The lowest BCUT2D eigenvalue weighted by atomic mass is 9.70. The summed E-state index contributed by atoms with van der Waals surface area (Å²) in [6, 6.07) is 29.8. The Balaban J connectivity index is 1.19. The number of nitrogens with one attached hydrogen (secondary N) is 1. The van der Waals surface area contributed by atoms with Crippen molar-refractivity contribution in [3.8, 4) is 11.8 Å². The molecule has 1 N–H and O–H groups in total. The van der Waals surface area contributed by atoms with Gasteiger partial charge in [-0.2, -0.15) is 5.26 Å². The highest BCUT2D eigenvalue weighted by Gasteiger charge is 2.35. The summed E-state index contributed by atoms with van der Waals surface area (Å²) in [6.45, 7) is 10.5. The molecule has 0 spiro atoms. The SMILES string of the molecule is Cc1ccc(SNc2cccc(OCC3CCN(CCCC(C#N)(c4ccccc4)C(C)C)CC3)c2)cc1. The fourth-order valence-electron chi connectivity index (χ4n) is 5.30. The third-order valence-electron chi connectivity index (χ3n) is 7.85. The summed E-state index contributed by atoms with van der Waals surface area (Å²) in [5, 5.41) is 10.2. The van der Waals surface area contributed by atoms with Crippen molar-refractivity contribution in [3.63, 3.8) is 0 Å². The van der Waals surface area contributed by atoms with Crippen LogP contribution in [0.3, 0.4) is 0 Å². The zero-order valence-corrected chi connectivity index (χ0v) is 23.8. The van der Waals surface area contributed by atoms with Crippen molar-refractivity contribution in [2.75, 3.05) is 31.0 Å². The Morgan fingerprint density at radius 2 is 1.76 bits per heavy atom. The second-order valence-corrected chi connectivity index (χ2v) is 11.7. The summed E-state index contributed by atoms with van der Waals surface area (Å²) < 4.78 is 9.63. The Bertz CT molecular complexity index is 1170. The molecule has 1 atom stereocenters. The van der Waals surface area contributed by atoms with Crippen LogP contribution in [0, 0.1) is 30.1 Å². The van der Waals surface area contributed by atoms with Gasteiger partial charge < -0.3 is 14.4 Å². The molecular weight excluding hydrogens is 486 g/mol. The van der Waals surface area contributed by atoms with Crippen LogP contribution in [0.4, 0.5) is 5.69 Å². The molecule has 3 aromatic rings. The van der Waals surface area contributed by atoms with Gasteiger partial charge in [0.15, 0.2) is 0 Å². The van der Waals surface area contributed by atoms with Crippen molar-refractivity contribution in [2.45, 2.75) is 56.8 Å². The molecule has 0 aliphatic carbocycles. The molecule has 4 nitrogen and oxygen atoms in total. The van der Waals surface area contributed by atoms with E-state index in [1.54, 1.807) is 11.9 Å². The number of likely N-dealkylation sites (tertiary alicyclic amines) is 1. The van der Waals surface area contributed by atoms with Crippen molar-refractivity contribution in [2.24, 2.45) is 11.8 Å². The van der Waals surface area contributed by atoms with E-state index >= 15 is 0 Å².